The van der Waals surface area contributed by atoms with Crippen LogP contribution in [0.1, 0.15) is 45.0 Å². The van der Waals surface area contributed by atoms with Crippen molar-refractivity contribution in [3.8, 4) is 5.75 Å². The highest BCUT2D eigenvalue weighted by atomic mass is 16.5. The third-order valence-corrected chi connectivity index (χ3v) is 3.72. The maximum absolute atomic E-state index is 5.98. The summed E-state index contributed by atoms with van der Waals surface area (Å²) in [5.74, 6) is 0.913. The zero-order valence-corrected chi connectivity index (χ0v) is 13.9. The van der Waals surface area contributed by atoms with Crippen molar-refractivity contribution in [1.29, 1.82) is 0 Å². The van der Waals surface area contributed by atoms with E-state index in [9.17, 15) is 0 Å². The van der Waals surface area contributed by atoms with Crippen LogP contribution in [0.4, 0.5) is 0 Å². The summed E-state index contributed by atoms with van der Waals surface area (Å²) in [7, 11) is 0. The van der Waals surface area contributed by atoms with Crippen LogP contribution in [0.15, 0.2) is 12.1 Å². The maximum Gasteiger partial charge on any atom is 0.142 e. The molecule has 2 rings (SSSR count). The molecule has 1 fully saturated rings. The number of aromatic nitrogens is 1. The van der Waals surface area contributed by atoms with Gasteiger partial charge in [0.1, 0.15) is 12.4 Å². The van der Waals surface area contributed by atoms with Gasteiger partial charge in [-0.25, -0.2) is 0 Å². The lowest BCUT2D eigenvalue weighted by atomic mass is 10.1. The van der Waals surface area contributed by atoms with E-state index < -0.39 is 0 Å². The molecule has 4 nitrogen and oxygen atoms in total. The molecule has 1 aliphatic heterocycles. The zero-order chi connectivity index (χ0) is 15.3. The molecule has 1 aliphatic rings. The largest absolute Gasteiger partial charge is 0.490 e. The first-order valence-corrected chi connectivity index (χ1v) is 8.01. The molecule has 0 radical (unpaired) electrons. The van der Waals surface area contributed by atoms with Crippen molar-refractivity contribution in [2.45, 2.75) is 52.6 Å². The summed E-state index contributed by atoms with van der Waals surface area (Å²) in [6.07, 6.45) is 2.65. The molecule has 1 aromatic rings. The Balaban J connectivity index is 1.90. The average molecular weight is 291 g/mol. The first-order chi connectivity index (χ1) is 9.94. The highest BCUT2D eigenvalue weighted by molar-refractivity contribution is 5.29. The topological polar surface area (TPSA) is 37.4 Å². The van der Waals surface area contributed by atoms with Gasteiger partial charge in [0.25, 0.3) is 0 Å². The van der Waals surface area contributed by atoms with Gasteiger partial charge in [-0.3, -0.25) is 9.88 Å². The van der Waals surface area contributed by atoms with E-state index in [4.69, 9.17) is 4.74 Å². The van der Waals surface area contributed by atoms with Crippen LogP contribution in [-0.4, -0.2) is 41.7 Å². The summed E-state index contributed by atoms with van der Waals surface area (Å²) >= 11 is 0. The second kappa shape index (κ2) is 7.23. The smallest absolute Gasteiger partial charge is 0.142 e. The average Bonchev–Trinajstić information content (AvgIpc) is 2.91. The number of pyridine rings is 1. The van der Waals surface area contributed by atoms with E-state index in [1.165, 1.54) is 25.9 Å². The van der Waals surface area contributed by atoms with E-state index in [0.717, 1.165) is 36.8 Å². The van der Waals surface area contributed by atoms with Crippen molar-refractivity contribution < 1.29 is 4.74 Å². The number of ether oxygens (including phenoxy) is 1. The molecule has 0 aliphatic carbocycles. The minimum Gasteiger partial charge on any atom is -0.490 e. The fourth-order valence-electron chi connectivity index (χ4n) is 2.50. The normalized spacial score (nSPS) is 16.4. The molecule has 0 bridgehead atoms. The number of rotatable bonds is 6. The van der Waals surface area contributed by atoms with Gasteiger partial charge in [0.2, 0.25) is 0 Å². The molecule has 0 amide bonds. The Morgan fingerprint density at radius 2 is 1.95 bits per heavy atom. The molecule has 0 atom stereocenters. The maximum atomic E-state index is 5.98. The predicted molar refractivity (Wildman–Crippen MR) is 86.7 cm³/mol. The van der Waals surface area contributed by atoms with E-state index in [0.29, 0.717) is 0 Å². The Bertz CT molecular complexity index is 448. The van der Waals surface area contributed by atoms with Crippen LogP contribution in [0.3, 0.4) is 0 Å². The number of likely N-dealkylation sites (tertiary alicyclic amines) is 1. The minimum atomic E-state index is 0.0816. The van der Waals surface area contributed by atoms with Gasteiger partial charge >= 0.3 is 0 Å². The van der Waals surface area contributed by atoms with Crippen LogP contribution in [-0.2, 0) is 6.54 Å². The van der Waals surface area contributed by atoms with Gasteiger partial charge in [-0.1, -0.05) is 0 Å². The van der Waals surface area contributed by atoms with Crippen molar-refractivity contribution in [1.82, 2.24) is 15.2 Å². The van der Waals surface area contributed by atoms with Gasteiger partial charge in [-0.15, -0.1) is 0 Å². The second-order valence-corrected chi connectivity index (χ2v) is 6.90. The SMILES string of the molecule is Cc1ccc(OCCN2CCCC2)c(CNC(C)(C)C)n1. The molecule has 1 aromatic heterocycles. The Hall–Kier alpha value is -1.13. The first kappa shape index (κ1) is 16.2. The number of nitrogens with zero attached hydrogens (tertiary/aromatic N) is 2. The van der Waals surface area contributed by atoms with Crippen molar-refractivity contribution in [2.24, 2.45) is 0 Å². The van der Waals surface area contributed by atoms with Gasteiger partial charge in [0, 0.05) is 24.3 Å². The Morgan fingerprint density at radius 3 is 2.62 bits per heavy atom. The Labute approximate surface area is 128 Å². The van der Waals surface area contributed by atoms with Crippen LogP contribution in [0, 0.1) is 6.92 Å². The predicted octanol–water partition coefficient (Wildman–Crippen LogP) is 2.75. The fourth-order valence-corrected chi connectivity index (χ4v) is 2.50. The molecule has 1 saturated heterocycles. The summed E-state index contributed by atoms with van der Waals surface area (Å²) in [6, 6.07) is 4.07. The first-order valence-electron chi connectivity index (χ1n) is 8.01. The summed E-state index contributed by atoms with van der Waals surface area (Å²) in [4.78, 5) is 7.09. The fraction of sp³-hybridized carbons (Fsp3) is 0.706. The van der Waals surface area contributed by atoms with Gasteiger partial charge < -0.3 is 10.1 Å². The molecule has 1 N–H and O–H groups in total. The lowest BCUT2D eigenvalue weighted by molar-refractivity contribution is 0.234. The van der Waals surface area contributed by atoms with E-state index in [1.54, 1.807) is 0 Å². The highest BCUT2D eigenvalue weighted by Gasteiger charge is 2.14. The number of nitrogens with one attached hydrogen (secondary N) is 1. The summed E-state index contributed by atoms with van der Waals surface area (Å²) in [5, 5.41) is 3.48. The van der Waals surface area contributed by atoms with Crippen molar-refractivity contribution in [2.75, 3.05) is 26.2 Å². The van der Waals surface area contributed by atoms with Crippen LogP contribution in [0.25, 0.3) is 0 Å². The molecule has 0 spiro atoms. The number of aryl methyl sites for hydroxylation is 1. The van der Waals surface area contributed by atoms with Gasteiger partial charge in [-0.05, 0) is 65.8 Å². The van der Waals surface area contributed by atoms with E-state index >= 15 is 0 Å². The number of hydrogen-bond donors (Lipinski definition) is 1. The molecule has 2 heterocycles. The monoisotopic (exact) mass is 291 g/mol. The minimum absolute atomic E-state index is 0.0816. The van der Waals surface area contributed by atoms with E-state index in [-0.39, 0.29) is 5.54 Å². The van der Waals surface area contributed by atoms with Crippen LogP contribution in [0.5, 0.6) is 5.75 Å². The Kier molecular flexibility index (Phi) is 5.59. The van der Waals surface area contributed by atoms with Crippen LogP contribution < -0.4 is 10.1 Å². The van der Waals surface area contributed by atoms with Crippen LogP contribution >= 0.6 is 0 Å². The second-order valence-electron chi connectivity index (χ2n) is 6.90. The van der Waals surface area contributed by atoms with Crippen LogP contribution in [0.2, 0.25) is 0 Å². The van der Waals surface area contributed by atoms with Gasteiger partial charge in [0.05, 0.1) is 5.69 Å². The van der Waals surface area contributed by atoms with E-state index in [1.807, 2.05) is 19.1 Å². The van der Waals surface area contributed by atoms with Gasteiger partial charge in [-0.2, -0.15) is 0 Å². The summed E-state index contributed by atoms with van der Waals surface area (Å²) in [6.45, 7) is 13.4. The molecule has 0 aromatic carbocycles. The van der Waals surface area contributed by atoms with Crippen molar-refractivity contribution in [3.63, 3.8) is 0 Å². The highest BCUT2D eigenvalue weighted by Crippen LogP contribution is 2.18. The third kappa shape index (κ3) is 5.64. The molecule has 21 heavy (non-hydrogen) atoms. The molecule has 0 unspecified atom stereocenters. The Morgan fingerprint density at radius 1 is 1.24 bits per heavy atom. The number of hydrogen-bond acceptors (Lipinski definition) is 4. The van der Waals surface area contributed by atoms with Gasteiger partial charge in [0.15, 0.2) is 0 Å². The molecule has 0 saturated carbocycles. The molecule has 118 valence electrons. The lowest BCUT2D eigenvalue weighted by Gasteiger charge is -2.22. The summed E-state index contributed by atoms with van der Waals surface area (Å²) < 4.78 is 5.98. The molecular weight excluding hydrogens is 262 g/mol. The molecule has 4 heteroatoms. The van der Waals surface area contributed by atoms with E-state index in [2.05, 4.69) is 36.0 Å². The lowest BCUT2D eigenvalue weighted by Crippen LogP contribution is -2.35. The standard InChI is InChI=1S/C17H29N3O/c1-14-7-8-16(15(19-14)13-18-17(2,3)4)21-12-11-20-9-5-6-10-20/h7-8,18H,5-6,9-13H2,1-4H3. The zero-order valence-electron chi connectivity index (χ0n) is 13.9. The third-order valence-electron chi connectivity index (χ3n) is 3.72. The quantitative estimate of drug-likeness (QED) is 0.874. The summed E-state index contributed by atoms with van der Waals surface area (Å²) in [5.41, 5.74) is 2.12. The van der Waals surface area contributed by atoms with Crippen molar-refractivity contribution >= 4 is 0 Å². The van der Waals surface area contributed by atoms with Crippen molar-refractivity contribution in [3.05, 3.63) is 23.5 Å². The molecular formula is C17H29N3O.